The number of rotatable bonds is 8. The van der Waals surface area contributed by atoms with Gasteiger partial charge >= 0.3 is 0 Å². The van der Waals surface area contributed by atoms with E-state index in [2.05, 4.69) is 5.32 Å². The second-order valence-electron chi connectivity index (χ2n) is 7.26. The molecule has 2 aromatic rings. The number of amides is 2. The number of hydrogen-bond acceptors (Lipinski definition) is 5. The lowest BCUT2D eigenvalue weighted by Crippen LogP contribution is -2.53. The minimum Gasteiger partial charge on any atom is -0.477 e. The second-order valence-corrected chi connectivity index (χ2v) is 9.63. The topological polar surface area (TPSA) is 96.0 Å². The summed E-state index contributed by atoms with van der Waals surface area (Å²) < 4.78 is 30.9. The van der Waals surface area contributed by atoms with Gasteiger partial charge in [0.05, 0.1) is 24.5 Å². The van der Waals surface area contributed by atoms with Crippen LogP contribution in [0.5, 0.6) is 5.75 Å². The molecule has 1 heterocycles. The van der Waals surface area contributed by atoms with E-state index >= 15 is 0 Å². The fourth-order valence-electron chi connectivity index (χ4n) is 3.29. The molecule has 1 atom stereocenters. The van der Waals surface area contributed by atoms with E-state index in [0.29, 0.717) is 24.4 Å². The fourth-order valence-corrected chi connectivity index (χ4v) is 4.04. The van der Waals surface area contributed by atoms with Gasteiger partial charge in [0, 0.05) is 13.6 Å². The van der Waals surface area contributed by atoms with E-state index < -0.39 is 22.0 Å². The molecule has 31 heavy (non-hydrogen) atoms. The van der Waals surface area contributed by atoms with Crippen LogP contribution in [0.3, 0.4) is 0 Å². The SMILES string of the molecule is CCS(=O)(=O)N(C)CC(=O)N1C[C@@H](C(=O)NCCc2ccccc2)Oc2ccccc21. The highest BCUT2D eigenvalue weighted by Crippen LogP contribution is 2.33. The Morgan fingerprint density at radius 3 is 2.52 bits per heavy atom. The molecule has 0 fully saturated rings. The predicted octanol–water partition coefficient (Wildman–Crippen LogP) is 1.42. The fraction of sp³-hybridized carbons (Fsp3) is 0.364. The van der Waals surface area contributed by atoms with Crippen LogP contribution in [0, 0.1) is 0 Å². The van der Waals surface area contributed by atoms with Crippen LogP contribution in [-0.4, -0.2) is 63.1 Å². The number of nitrogens with one attached hydrogen (secondary N) is 1. The van der Waals surface area contributed by atoms with Crippen LogP contribution < -0.4 is 15.0 Å². The van der Waals surface area contributed by atoms with Gasteiger partial charge in [-0.15, -0.1) is 0 Å². The summed E-state index contributed by atoms with van der Waals surface area (Å²) in [4.78, 5) is 27.1. The number of ether oxygens (including phenoxy) is 1. The third-order valence-electron chi connectivity index (χ3n) is 5.12. The normalized spacial score (nSPS) is 15.8. The van der Waals surface area contributed by atoms with Gasteiger partial charge in [0.2, 0.25) is 15.9 Å². The summed E-state index contributed by atoms with van der Waals surface area (Å²) >= 11 is 0. The van der Waals surface area contributed by atoms with E-state index in [1.807, 2.05) is 30.3 Å². The van der Waals surface area contributed by atoms with Crippen LogP contribution in [0.25, 0.3) is 0 Å². The van der Waals surface area contributed by atoms with Crippen LogP contribution in [0.2, 0.25) is 0 Å². The quantitative estimate of drug-likeness (QED) is 0.663. The van der Waals surface area contributed by atoms with Crippen molar-refractivity contribution in [3.63, 3.8) is 0 Å². The molecular weight excluding hydrogens is 418 g/mol. The lowest BCUT2D eigenvalue weighted by atomic mass is 10.1. The summed E-state index contributed by atoms with van der Waals surface area (Å²) in [7, 11) is -2.13. The minimum atomic E-state index is -3.50. The Morgan fingerprint density at radius 2 is 1.81 bits per heavy atom. The number of fused-ring (bicyclic) bond motifs is 1. The first-order chi connectivity index (χ1) is 14.8. The summed E-state index contributed by atoms with van der Waals surface area (Å²) in [5, 5.41) is 2.86. The van der Waals surface area contributed by atoms with Crippen molar-refractivity contribution >= 4 is 27.5 Å². The third kappa shape index (κ3) is 5.62. The summed E-state index contributed by atoms with van der Waals surface area (Å²) in [5.74, 6) is -0.426. The van der Waals surface area contributed by atoms with E-state index in [1.165, 1.54) is 18.9 Å². The maximum atomic E-state index is 12.9. The average molecular weight is 446 g/mol. The summed E-state index contributed by atoms with van der Waals surface area (Å²) in [6.45, 7) is 1.66. The van der Waals surface area contributed by atoms with Crippen LogP contribution in [0.4, 0.5) is 5.69 Å². The molecule has 3 rings (SSSR count). The number of nitrogens with zero attached hydrogens (tertiary/aromatic N) is 2. The van der Waals surface area contributed by atoms with Gasteiger partial charge in [-0.2, -0.15) is 4.31 Å². The van der Waals surface area contributed by atoms with Crippen molar-refractivity contribution in [3.05, 3.63) is 60.2 Å². The number of benzene rings is 2. The van der Waals surface area contributed by atoms with Crippen molar-refractivity contribution in [2.24, 2.45) is 0 Å². The molecule has 2 aromatic carbocycles. The lowest BCUT2D eigenvalue weighted by molar-refractivity contribution is -0.128. The highest BCUT2D eigenvalue weighted by Gasteiger charge is 2.34. The van der Waals surface area contributed by atoms with Crippen molar-refractivity contribution in [3.8, 4) is 5.75 Å². The summed E-state index contributed by atoms with van der Waals surface area (Å²) in [6, 6.07) is 16.7. The average Bonchev–Trinajstić information content (AvgIpc) is 2.78. The van der Waals surface area contributed by atoms with Gasteiger partial charge in [0.15, 0.2) is 6.10 Å². The van der Waals surface area contributed by atoms with Gasteiger partial charge in [-0.25, -0.2) is 8.42 Å². The molecule has 0 saturated carbocycles. The van der Waals surface area contributed by atoms with Gasteiger partial charge in [-0.3, -0.25) is 9.59 Å². The third-order valence-corrected chi connectivity index (χ3v) is 6.93. The predicted molar refractivity (Wildman–Crippen MR) is 118 cm³/mol. The second kappa shape index (κ2) is 9.93. The molecule has 0 radical (unpaired) electrons. The van der Waals surface area contributed by atoms with Gasteiger partial charge in [0.25, 0.3) is 5.91 Å². The van der Waals surface area contributed by atoms with Crippen molar-refractivity contribution in [1.29, 1.82) is 0 Å². The van der Waals surface area contributed by atoms with E-state index in [0.717, 1.165) is 9.87 Å². The molecule has 1 aliphatic heterocycles. The Hall–Kier alpha value is -2.91. The molecule has 0 spiro atoms. The number of likely N-dealkylation sites (N-methyl/N-ethyl adjacent to an activating group) is 1. The Kier molecular flexibility index (Phi) is 7.29. The molecule has 1 N–H and O–H groups in total. The van der Waals surface area contributed by atoms with Crippen molar-refractivity contribution in [2.75, 3.05) is 37.3 Å². The number of para-hydroxylation sites is 2. The highest BCUT2D eigenvalue weighted by atomic mass is 32.2. The van der Waals surface area contributed by atoms with Gasteiger partial charge in [-0.05, 0) is 31.0 Å². The smallest absolute Gasteiger partial charge is 0.262 e. The Labute approximate surface area is 182 Å². The van der Waals surface area contributed by atoms with Crippen LogP contribution in [0.15, 0.2) is 54.6 Å². The number of carbonyl (C=O) groups excluding carboxylic acids is 2. The highest BCUT2D eigenvalue weighted by molar-refractivity contribution is 7.89. The Bertz CT molecular complexity index is 1030. The largest absolute Gasteiger partial charge is 0.477 e. The number of hydrogen-bond donors (Lipinski definition) is 1. The molecular formula is C22H27N3O5S. The number of anilines is 1. The molecule has 1 aliphatic rings. The molecule has 8 nitrogen and oxygen atoms in total. The maximum absolute atomic E-state index is 12.9. The zero-order valence-electron chi connectivity index (χ0n) is 17.7. The lowest BCUT2D eigenvalue weighted by Gasteiger charge is -2.34. The molecule has 9 heteroatoms. The minimum absolute atomic E-state index is 0.00697. The van der Waals surface area contributed by atoms with E-state index in [1.54, 1.807) is 24.3 Å². The van der Waals surface area contributed by atoms with E-state index in [-0.39, 0.29) is 24.7 Å². The number of carbonyl (C=O) groups is 2. The number of sulfonamides is 1. The van der Waals surface area contributed by atoms with E-state index in [9.17, 15) is 18.0 Å². The Balaban J connectivity index is 1.69. The van der Waals surface area contributed by atoms with Crippen LogP contribution in [0.1, 0.15) is 12.5 Å². The van der Waals surface area contributed by atoms with Crippen molar-refractivity contribution < 1.29 is 22.7 Å². The molecule has 0 aromatic heterocycles. The molecule has 2 amide bonds. The standard InChI is InChI=1S/C22H27N3O5S/c1-3-31(28,29)24(2)16-21(26)25-15-20(30-19-12-8-7-11-18(19)25)22(27)23-14-13-17-9-5-4-6-10-17/h4-12,20H,3,13-16H2,1-2H3,(H,23,27)/t20-/m0/s1. The molecule has 166 valence electrons. The van der Waals surface area contributed by atoms with Crippen LogP contribution in [-0.2, 0) is 26.0 Å². The summed E-state index contributed by atoms with van der Waals surface area (Å²) in [5.41, 5.74) is 1.62. The molecule has 0 unspecified atom stereocenters. The molecule has 0 saturated heterocycles. The monoisotopic (exact) mass is 445 g/mol. The maximum Gasteiger partial charge on any atom is 0.262 e. The van der Waals surface area contributed by atoms with Crippen LogP contribution >= 0.6 is 0 Å². The van der Waals surface area contributed by atoms with Gasteiger partial charge in [-0.1, -0.05) is 42.5 Å². The zero-order valence-corrected chi connectivity index (χ0v) is 18.5. The van der Waals surface area contributed by atoms with Gasteiger partial charge in [0.1, 0.15) is 5.75 Å². The first-order valence-corrected chi connectivity index (χ1v) is 11.7. The first kappa shape index (κ1) is 22.8. The van der Waals surface area contributed by atoms with Gasteiger partial charge < -0.3 is 15.0 Å². The Morgan fingerprint density at radius 1 is 1.13 bits per heavy atom. The zero-order chi connectivity index (χ0) is 22.4. The summed E-state index contributed by atoms with van der Waals surface area (Å²) in [6.07, 6.45) is -0.208. The van der Waals surface area contributed by atoms with E-state index in [4.69, 9.17) is 4.74 Å². The van der Waals surface area contributed by atoms with Crippen molar-refractivity contribution in [1.82, 2.24) is 9.62 Å². The molecule has 0 aliphatic carbocycles. The van der Waals surface area contributed by atoms with Crippen molar-refractivity contribution in [2.45, 2.75) is 19.4 Å². The first-order valence-electron chi connectivity index (χ1n) is 10.1. The molecule has 0 bridgehead atoms.